The van der Waals surface area contributed by atoms with Crippen LogP contribution in [0.2, 0.25) is 0 Å². The second-order valence-corrected chi connectivity index (χ2v) is 10.5. The molecular weight excluding hydrogens is 432 g/mol. The van der Waals surface area contributed by atoms with Gasteiger partial charge in [-0.25, -0.2) is 0 Å². The fraction of sp³-hybridized carbons (Fsp3) is 0.222. The SMILES string of the molecule is CC1=Cc2cccc(-c3ccccc3)c2C1CCCCC1=C(C)Cc2cccc(-c3ccccc3)c21. The molecule has 2 aliphatic rings. The largest absolute Gasteiger partial charge is 0.0652 e. The summed E-state index contributed by atoms with van der Waals surface area (Å²) in [4.78, 5) is 0. The smallest absolute Gasteiger partial charge is 0.00608 e. The number of benzene rings is 4. The zero-order chi connectivity index (χ0) is 24.5. The van der Waals surface area contributed by atoms with Crippen LogP contribution in [0.25, 0.3) is 33.9 Å². The molecule has 0 spiro atoms. The number of hydrogen-bond donors (Lipinski definition) is 0. The average Bonchev–Trinajstić information content (AvgIpc) is 3.42. The van der Waals surface area contributed by atoms with E-state index in [2.05, 4.69) is 117 Å². The maximum atomic E-state index is 2.42. The topological polar surface area (TPSA) is 0 Å². The van der Waals surface area contributed by atoms with Crippen molar-refractivity contribution in [2.45, 2.75) is 51.9 Å². The van der Waals surface area contributed by atoms with E-state index < -0.39 is 0 Å². The lowest BCUT2D eigenvalue weighted by Crippen LogP contribution is -2.00. The van der Waals surface area contributed by atoms with Crippen LogP contribution in [0.1, 0.15) is 67.7 Å². The van der Waals surface area contributed by atoms with Crippen molar-refractivity contribution in [2.24, 2.45) is 0 Å². The molecule has 0 saturated carbocycles. The Bertz CT molecular complexity index is 1450. The molecule has 0 saturated heterocycles. The minimum Gasteiger partial charge on any atom is -0.0652 e. The second-order valence-electron chi connectivity index (χ2n) is 10.5. The number of hydrogen-bond acceptors (Lipinski definition) is 0. The molecule has 0 amide bonds. The molecule has 2 aliphatic carbocycles. The van der Waals surface area contributed by atoms with Crippen molar-refractivity contribution in [3.05, 3.63) is 130 Å². The lowest BCUT2D eigenvalue weighted by molar-refractivity contribution is 0.634. The van der Waals surface area contributed by atoms with E-state index in [-0.39, 0.29) is 0 Å². The first-order valence-corrected chi connectivity index (χ1v) is 13.4. The zero-order valence-corrected chi connectivity index (χ0v) is 21.4. The summed E-state index contributed by atoms with van der Waals surface area (Å²) in [7, 11) is 0. The first-order valence-electron chi connectivity index (χ1n) is 13.4. The van der Waals surface area contributed by atoms with Gasteiger partial charge < -0.3 is 0 Å². The van der Waals surface area contributed by atoms with Crippen LogP contribution in [-0.4, -0.2) is 0 Å². The summed E-state index contributed by atoms with van der Waals surface area (Å²) in [6, 6.07) is 35.5. The van der Waals surface area contributed by atoms with E-state index in [4.69, 9.17) is 0 Å². The van der Waals surface area contributed by atoms with Crippen LogP contribution in [0, 0.1) is 0 Å². The Morgan fingerprint density at radius 2 is 1.33 bits per heavy atom. The predicted molar refractivity (Wildman–Crippen MR) is 155 cm³/mol. The third kappa shape index (κ3) is 4.16. The maximum absolute atomic E-state index is 2.42. The van der Waals surface area contributed by atoms with E-state index in [0.717, 1.165) is 6.42 Å². The Balaban J connectivity index is 1.19. The summed E-state index contributed by atoms with van der Waals surface area (Å²) >= 11 is 0. The van der Waals surface area contributed by atoms with Gasteiger partial charge in [0.1, 0.15) is 0 Å². The summed E-state index contributed by atoms with van der Waals surface area (Å²) < 4.78 is 0. The van der Waals surface area contributed by atoms with Crippen LogP contribution in [-0.2, 0) is 6.42 Å². The molecule has 36 heavy (non-hydrogen) atoms. The third-order valence-electron chi connectivity index (χ3n) is 8.18. The highest BCUT2D eigenvalue weighted by Crippen LogP contribution is 2.46. The van der Waals surface area contributed by atoms with Crippen molar-refractivity contribution in [1.29, 1.82) is 0 Å². The van der Waals surface area contributed by atoms with E-state index in [0.29, 0.717) is 5.92 Å². The molecule has 4 aromatic carbocycles. The summed E-state index contributed by atoms with van der Waals surface area (Å²) in [6.07, 6.45) is 8.39. The Labute approximate surface area is 216 Å². The van der Waals surface area contributed by atoms with Gasteiger partial charge in [-0.1, -0.05) is 121 Å². The summed E-state index contributed by atoms with van der Waals surface area (Å²) in [5.74, 6) is 0.530. The monoisotopic (exact) mass is 466 g/mol. The maximum Gasteiger partial charge on any atom is 0.00608 e. The van der Waals surface area contributed by atoms with Gasteiger partial charge in [0.05, 0.1) is 0 Å². The predicted octanol–water partition coefficient (Wildman–Crippen LogP) is 10.1. The van der Waals surface area contributed by atoms with E-state index in [1.807, 2.05) is 0 Å². The number of unbranched alkanes of at least 4 members (excludes halogenated alkanes) is 1. The Hall–Kier alpha value is -3.64. The van der Waals surface area contributed by atoms with Gasteiger partial charge in [0, 0.05) is 5.92 Å². The van der Waals surface area contributed by atoms with Crippen LogP contribution in [0.15, 0.2) is 108 Å². The lowest BCUT2D eigenvalue weighted by Gasteiger charge is -2.19. The summed E-state index contributed by atoms with van der Waals surface area (Å²) in [6.45, 7) is 4.67. The van der Waals surface area contributed by atoms with E-state index in [9.17, 15) is 0 Å². The van der Waals surface area contributed by atoms with Crippen LogP contribution in [0.3, 0.4) is 0 Å². The highest BCUT2D eigenvalue weighted by Gasteiger charge is 2.26. The zero-order valence-electron chi connectivity index (χ0n) is 21.4. The fourth-order valence-corrected chi connectivity index (χ4v) is 6.47. The van der Waals surface area contributed by atoms with Gasteiger partial charge in [-0.05, 0) is 89.6 Å². The van der Waals surface area contributed by atoms with Crippen molar-refractivity contribution in [2.75, 3.05) is 0 Å². The highest BCUT2D eigenvalue weighted by atomic mass is 14.3. The molecular formula is C36H34. The minimum atomic E-state index is 0.530. The minimum absolute atomic E-state index is 0.530. The van der Waals surface area contributed by atoms with Gasteiger partial charge in [-0.2, -0.15) is 0 Å². The van der Waals surface area contributed by atoms with Gasteiger partial charge in [-0.3, -0.25) is 0 Å². The fourth-order valence-electron chi connectivity index (χ4n) is 6.47. The Kier molecular flexibility index (Phi) is 6.20. The molecule has 0 heterocycles. The van der Waals surface area contributed by atoms with Crippen LogP contribution >= 0.6 is 0 Å². The van der Waals surface area contributed by atoms with E-state index in [1.54, 1.807) is 11.1 Å². The standard InChI is InChI=1S/C36H34/c1-25-23-29-17-11-21-33(27-13-5-3-6-14-27)35(29)31(25)19-9-10-20-32-26(2)24-30-18-12-22-34(36(30)32)28-15-7-4-8-16-28/h3-8,11-18,21-23,31H,9-10,19-20,24H2,1-2H3. The quantitative estimate of drug-likeness (QED) is 0.238. The van der Waals surface area contributed by atoms with Gasteiger partial charge >= 0.3 is 0 Å². The van der Waals surface area contributed by atoms with Crippen molar-refractivity contribution in [3.63, 3.8) is 0 Å². The molecule has 0 heteroatoms. The summed E-state index contributed by atoms with van der Waals surface area (Å²) in [5.41, 5.74) is 16.1. The van der Waals surface area contributed by atoms with Gasteiger partial charge in [0.15, 0.2) is 0 Å². The molecule has 6 rings (SSSR count). The Morgan fingerprint density at radius 1 is 0.667 bits per heavy atom. The molecule has 1 atom stereocenters. The average molecular weight is 467 g/mol. The van der Waals surface area contributed by atoms with Crippen LogP contribution in [0.5, 0.6) is 0 Å². The molecule has 0 radical (unpaired) electrons. The molecule has 0 aromatic heterocycles. The summed E-state index contributed by atoms with van der Waals surface area (Å²) in [5, 5.41) is 0. The molecule has 178 valence electrons. The van der Waals surface area contributed by atoms with Gasteiger partial charge in [0.2, 0.25) is 0 Å². The van der Waals surface area contributed by atoms with E-state index >= 15 is 0 Å². The highest BCUT2D eigenvalue weighted by molar-refractivity contribution is 5.87. The van der Waals surface area contributed by atoms with E-state index in [1.165, 1.54) is 75.8 Å². The molecule has 4 aromatic rings. The lowest BCUT2D eigenvalue weighted by atomic mass is 9.85. The first kappa shape index (κ1) is 22.8. The molecule has 0 N–H and O–H groups in total. The molecule has 0 bridgehead atoms. The molecule has 0 aliphatic heterocycles. The number of rotatable bonds is 7. The van der Waals surface area contributed by atoms with Gasteiger partial charge in [-0.15, -0.1) is 0 Å². The third-order valence-corrected chi connectivity index (χ3v) is 8.18. The van der Waals surface area contributed by atoms with Gasteiger partial charge in [0.25, 0.3) is 0 Å². The van der Waals surface area contributed by atoms with Crippen molar-refractivity contribution >= 4 is 11.6 Å². The van der Waals surface area contributed by atoms with Crippen molar-refractivity contribution < 1.29 is 0 Å². The number of allylic oxidation sites excluding steroid dienone is 3. The normalized spacial score (nSPS) is 16.2. The van der Waals surface area contributed by atoms with Crippen LogP contribution in [0.4, 0.5) is 0 Å². The second kappa shape index (κ2) is 9.78. The van der Waals surface area contributed by atoms with Crippen molar-refractivity contribution in [1.82, 2.24) is 0 Å². The molecule has 1 unspecified atom stereocenters. The first-order chi connectivity index (χ1) is 17.7. The van der Waals surface area contributed by atoms with Crippen LogP contribution < -0.4 is 0 Å². The Morgan fingerprint density at radius 3 is 2.08 bits per heavy atom. The molecule has 0 fully saturated rings. The van der Waals surface area contributed by atoms with Crippen molar-refractivity contribution in [3.8, 4) is 22.3 Å². The number of fused-ring (bicyclic) bond motifs is 2. The molecule has 0 nitrogen and oxygen atoms in total.